The summed E-state index contributed by atoms with van der Waals surface area (Å²) in [7, 11) is 0. The van der Waals surface area contributed by atoms with Crippen LogP contribution in [0.3, 0.4) is 0 Å². The first-order valence-corrected chi connectivity index (χ1v) is 9.41. The summed E-state index contributed by atoms with van der Waals surface area (Å²) in [5.41, 5.74) is 1.56. The summed E-state index contributed by atoms with van der Waals surface area (Å²) in [6.07, 6.45) is 0.267. The molecule has 0 aliphatic rings. The molecule has 2 aromatic rings. The minimum Gasteiger partial charge on any atom is -0.355 e. The van der Waals surface area contributed by atoms with Crippen LogP contribution in [0.1, 0.15) is 22.3 Å². The van der Waals surface area contributed by atoms with Gasteiger partial charge in [-0.1, -0.05) is 29.8 Å². The van der Waals surface area contributed by atoms with Crippen LogP contribution in [0.15, 0.2) is 53.4 Å². The molecule has 0 aromatic heterocycles. The predicted molar refractivity (Wildman–Crippen MR) is 103 cm³/mol. The lowest BCUT2D eigenvalue weighted by Gasteiger charge is -2.08. The van der Waals surface area contributed by atoms with E-state index in [4.69, 9.17) is 11.6 Å². The van der Waals surface area contributed by atoms with Gasteiger partial charge >= 0.3 is 0 Å². The van der Waals surface area contributed by atoms with Gasteiger partial charge in [-0.25, -0.2) is 0 Å². The second kappa shape index (κ2) is 10.1. The smallest absolute Gasteiger partial charge is 0.251 e. The van der Waals surface area contributed by atoms with E-state index < -0.39 is 0 Å². The molecule has 6 heteroatoms. The average Bonchev–Trinajstić information content (AvgIpc) is 2.60. The summed E-state index contributed by atoms with van der Waals surface area (Å²) >= 11 is 7.49. The van der Waals surface area contributed by atoms with Crippen molar-refractivity contribution >= 4 is 35.2 Å². The number of thioether (sulfide) groups is 1. The number of nitrogens with one attached hydrogen (secondary N) is 2. The van der Waals surface area contributed by atoms with Gasteiger partial charge in [-0.3, -0.25) is 9.59 Å². The molecular formula is C19H21ClN2O2S. The van der Waals surface area contributed by atoms with E-state index in [1.165, 1.54) is 0 Å². The molecule has 2 N–H and O–H groups in total. The topological polar surface area (TPSA) is 58.2 Å². The zero-order valence-corrected chi connectivity index (χ0v) is 15.6. The number of hydrogen-bond donors (Lipinski definition) is 2. The Bertz CT molecular complexity index is 720. The molecule has 0 aliphatic heterocycles. The maximum Gasteiger partial charge on any atom is 0.251 e. The van der Waals surface area contributed by atoms with Crippen LogP contribution in [0.4, 0.5) is 0 Å². The van der Waals surface area contributed by atoms with Crippen LogP contribution in [0, 0.1) is 6.92 Å². The molecule has 0 spiro atoms. The van der Waals surface area contributed by atoms with Crippen molar-refractivity contribution in [3.05, 3.63) is 64.7 Å². The van der Waals surface area contributed by atoms with Crippen LogP contribution in [-0.4, -0.2) is 30.7 Å². The van der Waals surface area contributed by atoms with Gasteiger partial charge in [0, 0.05) is 40.7 Å². The molecule has 2 amide bonds. The summed E-state index contributed by atoms with van der Waals surface area (Å²) in [5.74, 6) is 0.564. The molecule has 0 atom stereocenters. The van der Waals surface area contributed by atoms with Crippen LogP contribution >= 0.6 is 23.4 Å². The Kier molecular flexibility index (Phi) is 7.82. The van der Waals surface area contributed by atoms with Gasteiger partial charge in [-0.15, -0.1) is 11.8 Å². The lowest BCUT2D eigenvalue weighted by atomic mass is 10.1. The molecule has 132 valence electrons. The zero-order valence-electron chi connectivity index (χ0n) is 14.0. The van der Waals surface area contributed by atoms with Crippen molar-refractivity contribution in [3.8, 4) is 0 Å². The molecule has 4 nitrogen and oxygen atoms in total. The average molecular weight is 377 g/mol. The lowest BCUT2D eigenvalue weighted by molar-refractivity contribution is -0.120. The first-order valence-electron chi connectivity index (χ1n) is 8.05. The van der Waals surface area contributed by atoms with Crippen molar-refractivity contribution in [1.82, 2.24) is 10.6 Å². The van der Waals surface area contributed by atoms with E-state index in [1.54, 1.807) is 17.8 Å². The third-order valence-corrected chi connectivity index (χ3v) is 4.80. The number of carbonyl (C=O) groups is 2. The van der Waals surface area contributed by atoms with Crippen LogP contribution in [0.5, 0.6) is 0 Å². The molecule has 2 aromatic carbocycles. The maximum atomic E-state index is 12.0. The molecule has 0 aliphatic carbocycles. The van der Waals surface area contributed by atoms with E-state index >= 15 is 0 Å². The molecule has 2 rings (SSSR count). The van der Waals surface area contributed by atoms with E-state index in [1.807, 2.05) is 49.4 Å². The van der Waals surface area contributed by atoms with Gasteiger partial charge in [0.1, 0.15) is 0 Å². The highest BCUT2D eigenvalue weighted by Crippen LogP contribution is 2.19. The first kappa shape index (κ1) is 19.3. The SMILES string of the molecule is Cc1ccccc1C(=O)NCCC(=O)NCCSc1ccc(Cl)cc1. The molecular weight excluding hydrogens is 356 g/mol. The largest absolute Gasteiger partial charge is 0.355 e. The van der Waals surface area contributed by atoms with Gasteiger partial charge in [0.05, 0.1) is 0 Å². The molecule has 0 bridgehead atoms. The molecule has 0 radical (unpaired) electrons. The Labute approximate surface area is 157 Å². The third-order valence-electron chi connectivity index (χ3n) is 3.53. The van der Waals surface area contributed by atoms with Gasteiger partial charge in [0.25, 0.3) is 5.91 Å². The van der Waals surface area contributed by atoms with Crippen molar-refractivity contribution in [2.24, 2.45) is 0 Å². The van der Waals surface area contributed by atoms with E-state index in [2.05, 4.69) is 10.6 Å². The lowest BCUT2D eigenvalue weighted by Crippen LogP contribution is -2.31. The van der Waals surface area contributed by atoms with Crippen molar-refractivity contribution in [2.75, 3.05) is 18.8 Å². The maximum absolute atomic E-state index is 12.0. The number of amides is 2. The van der Waals surface area contributed by atoms with E-state index in [-0.39, 0.29) is 18.2 Å². The Hall–Kier alpha value is -1.98. The van der Waals surface area contributed by atoms with Gasteiger partial charge in [0.2, 0.25) is 5.91 Å². The van der Waals surface area contributed by atoms with Crippen LogP contribution in [0.25, 0.3) is 0 Å². The second-order valence-corrected chi connectivity index (χ2v) is 7.08. The van der Waals surface area contributed by atoms with Crippen LogP contribution in [-0.2, 0) is 4.79 Å². The monoisotopic (exact) mass is 376 g/mol. The van der Waals surface area contributed by atoms with Gasteiger partial charge in [0.15, 0.2) is 0 Å². The fourth-order valence-electron chi connectivity index (χ4n) is 2.19. The standard InChI is InChI=1S/C19H21ClN2O2S/c1-14-4-2-3-5-17(14)19(24)22-11-10-18(23)21-12-13-25-16-8-6-15(20)7-9-16/h2-9H,10-13H2,1H3,(H,21,23)(H,22,24). The summed E-state index contributed by atoms with van der Waals surface area (Å²) in [4.78, 5) is 24.9. The third kappa shape index (κ3) is 6.80. The van der Waals surface area contributed by atoms with Crippen LogP contribution in [0.2, 0.25) is 5.02 Å². The van der Waals surface area contributed by atoms with Crippen LogP contribution < -0.4 is 10.6 Å². The molecule has 0 saturated carbocycles. The van der Waals surface area contributed by atoms with Gasteiger partial charge in [-0.05, 0) is 42.8 Å². The number of hydrogen-bond acceptors (Lipinski definition) is 3. The number of halogens is 1. The van der Waals surface area contributed by atoms with Gasteiger partial charge < -0.3 is 10.6 Å². The molecule has 25 heavy (non-hydrogen) atoms. The fraction of sp³-hybridized carbons (Fsp3) is 0.263. The Morgan fingerprint density at radius 1 is 1.00 bits per heavy atom. The second-order valence-electron chi connectivity index (χ2n) is 5.47. The zero-order chi connectivity index (χ0) is 18.1. The summed E-state index contributed by atoms with van der Waals surface area (Å²) in [6.45, 7) is 2.79. The minimum atomic E-state index is -0.149. The summed E-state index contributed by atoms with van der Waals surface area (Å²) < 4.78 is 0. The van der Waals surface area contributed by atoms with Crippen molar-refractivity contribution in [2.45, 2.75) is 18.2 Å². The molecule has 0 saturated heterocycles. The quantitative estimate of drug-likeness (QED) is 0.545. The summed E-state index contributed by atoms with van der Waals surface area (Å²) in [5, 5.41) is 6.34. The molecule has 0 heterocycles. The summed E-state index contributed by atoms with van der Waals surface area (Å²) in [6, 6.07) is 15.0. The molecule has 0 fully saturated rings. The van der Waals surface area contributed by atoms with E-state index in [0.717, 1.165) is 16.2 Å². The highest BCUT2D eigenvalue weighted by atomic mass is 35.5. The number of carbonyl (C=O) groups excluding carboxylic acids is 2. The highest BCUT2D eigenvalue weighted by Gasteiger charge is 2.08. The Morgan fingerprint density at radius 2 is 1.72 bits per heavy atom. The molecule has 0 unspecified atom stereocenters. The number of aryl methyl sites for hydroxylation is 1. The Morgan fingerprint density at radius 3 is 2.44 bits per heavy atom. The predicted octanol–water partition coefficient (Wildman–Crippen LogP) is 3.68. The van der Waals surface area contributed by atoms with E-state index in [0.29, 0.717) is 23.7 Å². The minimum absolute atomic E-state index is 0.0678. The highest BCUT2D eigenvalue weighted by molar-refractivity contribution is 7.99. The van der Waals surface area contributed by atoms with Crippen molar-refractivity contribution in [3.63, 3.8) is 0 Å². The van der Waals surface area contributed by atoms with Crippen molar-refractivity contribution in [1.29, 1.82) is 0 Å². The van der Waals surface area contributed by atoms with Crippen molar-refractivity contribution < 1.29 is 9.59 Å². The van der Waals surface area contributed by atoms with E-state index in [9.17, 15) is 9.59 Å². The normalized spacial score (nSPS) is 10.3. The number of benzene rings is 2. The first-order chi connectivity index (χ1) is 12.1. The van der Waals surface area contributed by atoms with Gasteiger partial charge in [-0.2, -0.15) is 0 Å². The fourth-order valence-corrected chi connectivity index (χ4v) is 3.09. The Balaban J connectivity index is 1.60. The number of rotatable bonds is 8.